The number of hydrogen-bond donors (Lipinski definition) is 4. The molecule has 0 heterocycles. The summed E-state index contributed by atoms with van der Waals surface area (Å²) in [6.45, 7) is 11.3. The van der Waals surface area contributed by atoms with Crippen LogP contribution in [-0.2, 0) is 20.8 Å². The number of benzene rings is 4. The molecule has 0 aromatic heterocycles. The van der Waals surface area contributed by atoms with Gasteiger partial charge in [0.25, 0.3) is 0 Å². The molecule has 4 rings (SSSR count). The molecule has 47 heavy (non-hydrogen) atoms. The highest BCUT2D eigenvalue weighted by Crippen LogP contribution is 2.38. The molecule has 0 radical (unpaired) electrons. The maximum Gasteiger partial charge on any atom is 0.235 e. The predicted molar refractivity (Wildman–Crippen MR) is 188 cm³/mol. The van der Waals surface area contributed by atoms with Crippen molar-refractivity contribution in [2.24, 2.45) is 17.3 Å². The minimum Gasteiger partial charge on any atom is -0.378 e. The second-order valence-electron chi connectivity index (χ2n) is 13.9. The lowest BCUT2D eigenvalue weighted by Crippen LogP contribution is -2.60. The molecule has 0 spiro atoms. The summed E-state index contributed by atoms with van der Waals surface area (Å²) in [6, 6.07) is 35.8. The summed E-state index contributed by atoms with van der Waals surface area (Å²) in [5.41, 5.74) is -2.09. The van der Waals surface area contributed by atoms with Crippen molar-refractivity contribution in [3.63, 3.8) is 0 Å². The fraction of sp³-hybridized carbons (Fsp3) is 0.366. The molecule has 248 valence electrons. The van der Waals surface area contributed by atoms with Crippen molar-refractivity contribution in [2.45, 2.75) is 77.7 Å². The molecule has 0 aliphatic heterocycles. The number of nitrogens with one attached hydrogen (secondary N) is 2. The molecule has 6 nitrogen and oxygen atoms in total. The van der Waals surface area contributed by atoms with E-state index >= 15 is 0 Å². The minimum absolute atomic E-state index is 0.123. The minimum atomic E-state index is -1.56. The van der Waals surface area contributed by atoms with Crippen LogP contribution in [0, 0.1) is 17.3 Å². The van der Waals surface area contributed by atoms with Crippen LogP contribution in [0.3, 0.4) is 0 Å². The van der Waals surface area contributed by atoms with Crippen molar-refractivity contribution in [1.29, 1.82) is 0 Å². The van der Waals surface area contributed by atoms with Crippen LogP contribution in [0.5, 0.6) is 0 Å². The second kappa shape index (κ2) is 15.1. The Labute approximate surface area is 280 Å². The van der Waals surface area contributed by atoms with Gasteiger partial charge >= 0.3 is 0 Å². The monoisotopic (exact) mass is 634 g/mol. The number of carbonyl (C=O) groups excluding carboxylic acids is 2. The van der Waals surface area contributed by atoms with Crippen LogP contribution in [0.15, 0.2) is 121 Å². The van der Waals surface area contributed by atoms with E-state index < -0.39 is 40.5 Å². The lowest BCUT2D eigenvalue weighted by Gasteiger charge is -2.41. The van der Waals surface area contributed by atoms with Gasteiger partial charge in [0.05, 0.1) is 12.1 Å². The summed E-state index contributed by atoms with van der Waals surface area (Å²) in [5.74, 6) is -0.786. The highest BCUT2D eigenvalue weighted by molar-refractivity contribution is 6.04. The van der Waals surface area contributed by atoms with Crippen LogP contribution in [0.4, 0.5) is 0 Å². The Bertz CT molecular complexity index is 1370. The van der Waals surface area contributed by atoms with E-state index in [4.69, 9.17) is 0 Å². The van der Waals surface area contributed by atoms with Crippen LogP contribution in [0.25, 0.3) is 0 Å². The maximum atomic E-state index is 14.3. The number of aliphatic hydroxyl groups is 2. The Morgan fingerprint density at radius 1 is 0.511 bits per heavy atom. The highest BCUT2D eigenvalue weighted by atomic mass is 16.3. The Morgan fingerprint density at radius 2 is 0.745 bits per heavy atom. The quantitative estimate of drug-likeness (QED) is 0.113. The Kier molecular flexibility index (Phi) is 11.4. The standard InChI is InChI=1S/C41H50N2O4/c1-29(2)27-35(40(46,31-19-11-7-12-20-31)32-21-13-8-14-22-32)42-37(44)39(5,6)38(45)43-36(28-30(3)4)41(47,33-23-15-9-16-24-33)34-25-17-10-18-26-34/h7-26,29-30,35-36,46-47H,27-28H2,1-6H3,(H,42,44)(H,43,45)/t35-,36-/m1/s1. The number of hydrogen-bond acceptors (Lipinski definition) is 4. The molecule has 0 bridgehead atoms. The summed E-state index contributed by atoms with van der Waals surface area (Å²) < 4.78 is 0. The average molecular weight is 635 g/mol. The third kappa shape index (κ3) is 7.83. The van der Waals surface area contributed by atoms with Gasteiger partial charge in [-0.15, -0.1) is 0 Å². The summed E-state index contributed by atoms with van der Waals surface area (Å²) in [6.07, 6.45) is 0.920. The number of carbonyl (C=O) groups is 2. The van der Waals surface area contributed by atoms with Gasteiger partial charge < -0.3 is 20.8 Å². The normalized spacial score (nSPS) is 13.7. The Morgan fingerprint density at radius 3 is 0.957 bits per heavy atom. The molecule has 0 fully saturated rings. The van der Waals surface area contributed by atoms with E-state index in [0.29, 0.717) is 35.1 Å². The molecule has 4 aromatic rings. The summed E-state index contributed by atoms with van der Waals surface area (Å²) >= 11 is 0. The largest absolute Gasteiger partial charge is 0.378 e. The zero-order chi connectivity index (χ0) is 34.2. The van der Waals surface area contributed by atoms with E-state index in [1.165, 1.54) is 0 Å². The predicted octanol–water partition coefficient (Wildman–Crippen LogP) is 6.95. The first-order chi connectivity index (χ1) is 22.3. The summed E-state index contributed by atoms with van der Waals surface area (Å²) in [4.78, 5) is 28.5. The van der Waals surface area contributed by atoms with Crippen LogP contribution in [0.2, 0.25) is 0 Å². The highest BCUT2D eigenvalue weighted by Gasteiger charge is 2.47. The van der Waals surface area contributed by atoms with Crippen LogP contribution < -0.4 is 10.6 Å². The maximum absolute atomic E-state index is 14.3. The molecular formula is C41H50N2O4. The number of rotatable bonds is 14. The van der Waals surface area contributed by atoms with Crippen LogP contribution in [0.1, 0.15) is 76.6 Å². The van der Waals surface area contributed by atoms with Crippen LogP contribution in [-0.4, -0.2) is 34.1 Å². The van der Waals surface area contributed by atoms with E-state index in [0.717, 1.165) is 0 Å². The first kappa shape index (κ1) is 35.6. The van der Waals surface area contributed by atoms with E-state index in [-0.39, 0.29) is 11.8 Å². The fourth-order valence-corrected chi connectivity index (χ4v) is 6.30. The smallest absolute Gasteiger partial charge is 0.235 e. The van der Waals surface area contributed by atoms with E-state index in [1.807, 2.05) is 149 Å². The van der Waals surface area contributed by atoms with Gasteiger partial charge in [0, 0.05) is 0 Å². The van der Waals surface area contributed by atoms with E-state index in [1.54, 1.807) is 13.8 Å². The lowest BCUT2D eigenvalue weighted by molar-refractivity contribution is -0.144. The van der Waals surface area contributed by atoms with Crippen molar-refractivity contribution in [1.82, 2.24) is 10.6 Å². The first-order valence-electron chi connectivity index (χ1n) is 16.6. The number of amides is 2. The third-order valence-electron chi connectivity index (χ3n) is 9.02. The molecule has 0 aliphatic carbocycles. The van der Waals surface area contributed by atoms with Gasteiger partial charge in [-0.25, -0.2) is 0 Å². The molecule has 2 atom stereocenters. The van der Waals surface area contributed by atoms with Crippen molar-refractivity contribution < 1.29 is 19.8 Å². The molecule has 0 saturated heterocycles. The lowest BCUT2D eigenvalue weighted by atomic mass is 9.76. The molecule has 0 saturated carbocycles. The van der Waals surface area contributed by atoms with E-state index in [9.17, 15) is 19.8 Å². The molecule has 4 aromatic carbocycles. The molecule has 2 amide bonds. The Hall–Kier alpha value is -4.26. The molecule has 6 heteroatoms. The average Bonchev–Trinajstić information content (AvgIpc) is 3.08. The topological polar surface area (TPSA) is 98.7 Å². The van der Waals surface area contributed by atoms with Crippen molar-refractivity contribution >= 4 is 11.8 Å². The van der Waals surface area contributed by atoms with Crippen molar-refractivity contribution in [3.05, 3.63) is 144 Å². The zero-order valence-electron chi connectivity index (χ0n) is 28.5. The van der Waals surface area contributed by atoms with E-state index in [2.05, 4.69) is 10.6 Å². The van der Waals surface area contributed by atoms with Gasteiger partial charge in [0.2, 0.25) is 11.8 Å². The second-order valence-corrected chi connectivity index (χ2v) is 13.9. The fourth-order valence-electron chi connectivity index (χ4n) is 6.30. The van der Waals surface area contributed by atoms with Gasteiger partial charge in [-0.3, -0.25) is 9.59 Å². The van der Waals surface area contributed by atoms with Gasteiger partial charge in [0.15, 0.2) is 0 Å². The molecule has 4 N–H and O–H groups in total. The summed E-state index contributed by atoms with van der Waals surface area (Å²) in [7, 11) is 0. The van der Waals surface area contributed by atoms with Gasteiger partial charge in [-0.05, 0) is 60.8 Å². The van der Waals surface area contributed by atoms with Crippen molar-refractivity contribution in [3.8, 4) is 0 Å². The first-order valence-corrected chi connectivity index (χ1v) is 16.6. The Balaban J connectivity index is 1.71. The molecular weight excluding hydrogens is 584 g/mol. The van der Waals surface area contributed by atoms with Crippen LogP contribution >= 0.6 is 0 Å². The third-order valence-corrected chi connectivity index (χ3v) is 9.02. The van der Waals surface area contributed by atoms with Gasteiger partial charge in [0.1, 0.15) is 16.6 Å². The molecule has 0 unspecified atom stereocenters. The van der Waals surface area contributed by atoms with Crippen molar-refractivity contribution in [2.75, 3.05) is 0 Å². The van der Waals surface area contributed by atoms with Gasteiger partial charge in [-0.2, -0.15) is 0 Å². The summed E-state index contributed by atoms with van der Waals surface area (Å²) in [5, 5.41) is 31.4. The van der Waals surface area contributed by atoms with Gasteiger partial charge in [-0.1, -0.05) is 149 Å². The SMILES string of the molecule is CC(C)C[C@@H](NC(=O)C(C)(C)C(=O)N[C@H](CC(C)C)C(O)(c1ccccc1)c1ccccc1)C(O)(c1ccccc1)c1ccccc1. The molecule has 0 aliphatic rings. The zero-order valence-corrected chi connectivity index (χ0v) is 28.5.